The molecule has 2 fully saturated rings. The summed E-state index contributed by atoms with van der Waals surface area (Å²) in [6.45, 7) is 10.1. The summed E-state index contributed by atoms with van der Waals surface area (Å²) < 4.78 is 12.3. The van der Waals surface area contributed by atoms with Crippen molar-refractivity contribution < 1.29 is 14.1 Å². The zero-order chi connectivity index (χ0) is 18.1. The molecule has 0 aromatic carbocycles. The van der Waals surface area contributed by atoms with Crippen molar-refractivity contribution in [2.45, 2.75) is 64.1 Å². The number of carbonyl (C=O) groups excluding carboxylic acids is 1. The lowest BCUT2D eigenvalue weighted by molar-refractivity contribution is 0.00578. The van der Waals surface area contributed by atoms with E-state index in [-0.39, 0.29) is 24.4 Å². The highest BCUT2D eigenvalue weighted by Gasteiger charge is 2.53. The average Bonchev–Trinajstić information content (AvgIpc) is 2.81. The number of hydrogen-bond donors (Lipinski definition) is 1. The van der Waals surface area contributed by atoms with E-state index >= 15 is 0 Å². The molecule has 1 N–H and O–H groups in total. The van der Waals surface area contributed by atoms with Crippen LogP contribution < -0.4 is 5.32 Å². The Balaban J connectivity index is 1.47. The minimum Gasteiger partial charge on any atom is -0.403 e. The van der Waals surface area contributed by atoms with Gasteiger partial charge in [0, 0.05) is 19.3 Å². The number of aromatic nitrogens is 2. The molecular formula is C17H27BN4O3. The van der Waals surface area contributed by atoms with Crippen LogP contribution in [0, 0.1) is 0 Å². The lowest BCUT2D eigenvalue weighted by Crippen LogP contribution is -2.45. The van der Waals surface area contributed by atoms with Gasteiger partial charge in [0.05, 0.1) is 23.4 Å². The summed E-state index contributed by atoms with van der Waals surface area (Å²) in [5, 5.41) is 2.91. The van der Waals surface area contributed by atoms with Crippen molar-refractivity contribution in [1.82, 2.24) is 20.2 Å². The minimum atomic E-state index is -0.302. The third-order valence-corrected chi connectivity index (χ3v) is 5.55. The number of likely N-dealkylation sites (tertiary alicyclic amines) is 1. The van der Waals surface area contributed by atoms with E-state index in [0.29, 0.717) is 25.5 Å². The van der Waals surface area contributed by atoms with Crippen molar-refractivity contribution in [3.63, 3.8) is 0 Å². The van der Waals surface area contributed by atoms with E-state index in [4.69, 9.17) is 9.31 Å². The van der Waals surface area contributed by atoms with E-state index in [9.17, 15) is 4.79 Å². The van der Waals surface area contributed by atoms with E-state index in [1.165, 1.54) is 6.33 Å². The first-order valence-corrected chi connectivity index (χ1v) is 8.92. The van der Waals surface area contributed by atoms with Gasteiger partial charge >= 0.3 is 13.1 Å². The fourth-order valence-electron chi connectivity index (χ4n) is 3.16. The van der Waals surface area contributed by atoms with Crippen LogP contribution in [0.4, 0.5) is 4.79 Å². The fraction of sp³-hybridized carbons (Fsp3) is 0.706. The number of carbonyl (C=O) groups is 1. The summed E-state index contributed by atoms with van der Waals surface area (Å²) >= 11 is 0. The molecule has 0 spiro atoms. The van der Waals surface area contributed by atoms with Crippen LogP contribution in [0.5, 0.6) is 0 Å². The van der Waals surface area contributed by atoms with Crippen molar-refractivity contribution in [1.29, 1.82) is 0 Å². The van der Waals surface area contributed by atoms with Crippen LogP contribution in [0.3, 0.4) is 0 Å². The smallest absolute Gasteiger partial charge is 0.403 e. The third kappa shape index (κ3) is 3.95. The van der Waals surface area contributed by atoms with E-state index in [2.05, 4.69) is 43.0 Å². The first-order valence-electron chi connectivity index (χ1n) is 8.92. The van der Waals surface area contributed by atoms with Crippen LogP contribution in [-0.4, -0.2) is 52.3 Å². The molecule has 0 radical (unpaired) electrons. The van der Waals surface area contributed by atoms with Crippen molar-refractivity contribution in [2.24, 2.45) is 0 Å². The maximum absolute atomic E-state index is 12.3. The van der Waals surface area contributed by atoms with Gasteiger partial charge in [-0.3, -0.25) is 0 Å². The maximum Gasteiger partial charge on any atom is 0.461 e. The topological polar surface area (TPSA) is 76.6 Å². The van der Waals surface area contributed by atoms with E-state index in [1.807, 2.05) is 4.90 Å². The van der Waals surface area contributed by atoms with Gasteiger partial charge in [-0.25, -0.2) is 14.8 Å². The second kappa shape index (κ2) is 6.92. The van der Waals surface area contributed by atoms with Gasteiger partial charge in [0.2, 0.25) is 0 Å². The Bertz CT molecular complexity index is 587. The largest absolute Gasteiger partial charge is 0.461 e. The van der Waals surface area contributed by atoms with Gasteiger partial charge in [0.25, 0.3) is 0 Å². The van der Waals surface area contributed by atoms with Gasteiger partial charge in [-0.2, -0.15) is 0 Å². The van der Waals surface area contributed by atoms with Gasteiger partial charge in [-0.15, -0.1) is 0 Å². The molecule has 0 aliphatic carbocycles. The number of hydrogen-bond acceptors (Lipinski definition) is 5. The normalized spacial score (nSPS) is 22.9. The number of nitrogens with one attached hydrogen (secondary N) is 1. The van der Waals surface area contributed by atoms with Crippen LogP contribution in [-0.2, 0) is 15.9 Å². The highest BCUT2D eigenvalue weighted by Crippen LogP contribution is 2.42. The molecular weight excluding hydrogens is 319 g/mol. The summed E-state index contributed by atoms with van der Waals surface area (Å²) in [5.74, 6) is 0.326. The third-order valence-electron chi connectivity index (χ3n) is 5.55. The molecule has 7 nitrogen and oxygen atoms in total. The zero-order valence-electron chi connectivity index (χ0n) is 15.5. The molecule has 1 aromatic rings. The second-order valence-electron chi connectivity index (χ2n) is 7.81. The second-order valence-corrected chi connectivity index (χ2v) is 7.81. The van der Waals surface area contributed by atoms with Crippen LogP contribution >= 0.6 is 0 Å². The predicted molar refractivity (Wildman–Crippen MR) is 94.9 cm³/mol. The molecule has 3 rings (SSSR count). The quantitative estimate of drug-likeness (QED) is 0.850. The SMILES string of the molecule is CC1(C)OB(C2CCN(C(=O)NCc3ccncn3)CC2)OC1(C)C. The van der Waals surface area contributed by atoms with Crippen LogP contribution in [0.2, 0.25) is 5.82 Å². The monoisotopic (exact) mass is 346 g/mol. The number of piperidine rings is 1. The predicted octanol–water partition coefficient (Wildman–Crippen LogP) is 2.24. The number of rotatable bonds is 3. The highest BCUT2D eigenvalue weighted by atomic mass is 16.7. The van der Waals surface area contributed by atoms with Crippen molar-refractivity contribution >= 4 is 13.1 Å². The summed E-state index contributed by atoms with van der Waals surface area (Å²) in [6, 6.07) is 1.75. The standard InChI is InChI=1S/C17H27BN4O3/c1-16(2)17(3,4)25-18(24-16)13-6-9-22(10-7-13)15(23)20-11-14-5-8-19-12-21-14/h5,8,12-13H,6-7,9-11H2,1-4H3,(H,20,23). The fourth-order valence-corrected chi connectivity index (χ4v) is 3.16. The van der Waals surface area contributed by atoms with Crippen molar-refractivity contribution in [3.8, 4) is 0 Å². The first-order chi connectivity index (χ1) is 11.8. The van der Waals surface area contributed by atoms with Gasteiger partial charge in [0.15, 0.2) is 0 Å². The van der Waals surface area contributed by atoms with Gasteiger partial charge in [-0.1, -0.05) is 0 Å². The Morgan fingerprint density at radius 2 is 1.92 bits per heavy atom. The lowest BCUT2D eigenvalue weighted by Gasteiger charge is -2.32. The van der Waals surface area contributed by atoms with Crippen LogP contribution in [0.1, 0.15) is 46.2 Å². The van der Waals surface area contributed by atoms with Crippen LogP contribution in [0.15, 0.2) is 18.6 Å². The van der Waals surface area contributed by atoms with Gasteiger partial charge in [-0.05, 0) is 52.4 Å². The minimum absolute atomic E-state index is 0.0500. The Kier molecular flexibility index (Phi) is 5.02. The Labute approximate surface area is 149 Å². The van der Waals surface area contributed by atoms with Crippen LogP contribution in [0.25, 0.3) is 0 Å². The number of amides is 2. The van der Waals surface area contributed by atoms with Crippen molar-refractivity contribution in [2.75, 3.05) is 13.1 Å². The molecule has 8 heteroatoms. The van der Waals surface area contributed by atoms with Crippen molar-refractivity contribution in [3.05, 3.63) is 24.3 Å². The Morgan fingerprint density at radius 1 is 1.28 bits per heavy atom. The summed E-state index contributed by atoms with van der Waals surface area (Å²) in [5.41, 5.74) is 0.198. The molecule has 2 saturated heterocycles. The lowest BCUT2D eigenvalue weighted by atomic mass is 9.67. The molecule has 2 aliphatic rings. The molecule has 25 heavy (non-hydrogen) atoms. The summed E-state index contributed by atoms with van der Waals surface area (Å²) in [6.07, 6.45) is 4.93. The molecule has 2 amide bonds. The first kappa shape index (κ1) is 18.1. The molecule has 0 saturated carbocycles. The van der Waals surface area contributed by atoms with Gasteiger partial charge in [0.1, 0.15) is 6.33 Å². The summed E-state index contributed by atoms with van der Waals surface area (Å²) in [7, 11) is -0.184. The molecule has 136 valence electrons. The Morgan fingerprint density at radius 3 is 2.48 bits per heavy atom. The van der Waals surface area contributed by atoms with Gasteiger partial charge < -0.3 is 19.5 Å². The molecule has 2 aliphatic heterocycles. The number of urea groups is 1. The molecule has 3 heterocycles. The molecule has 1 aromatic heterocycles. The zero-order valence-corrected chi connectivity index (χ0v) is 15.5. The maximum atomic E-state index is 12.3. The molecule has 0 atom stereocenters. The van der Waals surface area contributed by atoms with E-state index in [1.54, 1.807) is 12.3 Å². The number of nitrogens with zero attached hydrogens (tertiary/aromatic N) is 3. The summed E-state index contributed by atoms with van der Waals surface area (Å²) in [4.78, 5) is 22.1. The highest BCUT2D eigenvalue weighted by molar-refractivity contribution is 6.47. The van der Waals surface area contributed by atoms with E-state index < -0.39 is 0 Å². The van der Waals surface area contributed by atoms with E-state index in [0.717, 1.165) is 18.5 Å². The average molecular weight is 346 g/mol. The Hall–Kier alpha value is -1.67. The molecule has 0 bridgehead atoms. The molecule has 0 unspecified atom stereocenters.